The predicted molar refractivity (Wildman–Crippen MR) is 70.7 cm³/mol. The van der Waals surface area contributed by atoms with E-state index < -0.39 is 0 Å². The van der Waals surface area contributed by atoms with E-state index in [1.807, 2.05) is 30.3 Å². The number of amides is 2. The van der Waals surface area contributed by atoms with Crippen molar-refractivity contribution in [3.05, 3.63) is 41.4 Å². The molecule has 1 aromatic carbocycles. The van der Waals surface area contributed by atoms with E-state index in [-0.39, 0.29) is 24.2 Å². The van der Waals surface area contributed by atoms with Crippen molar-refractivity contribution in [1.82, 2.24) is 10.2 Å². The largest absolute Gasteiger partial charge is 0.274 e. The van der Waals surface area contributed by atoms with Gasteiger partial charge in [0.1, 0.15) is 5.51 Å². The van der Waals surface area contributed by atoms with Gasteiger partial charge in [0.25, 0.3) is 0 Å². The van der Waals surface area contributed by atoms with Gasteiger partial charge >= 0.3 is 0 Å². The van der Waals surface area contributed by atoms with Crippen molar-refractivity contribution in [1.29, 1.82) is 0 Å². The molecule has 3 rings (SSSR count). The van der Waals surface area contributed by atoms with E-state index in [4.69, 9.17) is 0 Å². The van der Waals surface area contributed by atoms with Crippen LogP contribution in [0.1, 0.15) is 12.0 Å². The Bertz CT molecular complexity index is 598. The number of imide groups is 1. The minimum absolute atomic E-state index is 0.175. The van der Waals surface area contributed by atoms with Gasteiger partial charge in [0.2, 0.25) is 16.9 Å². The number of rotatable bonds is 3. The van der Waals surface area contributed by atoms with Gasteiger partial charge in [-0.05, 0) is 12.0 Å². The van der Waals surface area contributed by atoms with Crippen LogP contribution < -0.4 is 4.90 Å². The Morgan fingerprint density at radius 1 is 1.26 bits per heavy atom. The van der Waals surface area contributed by atoms with Gasteiger partial charge in [-0.2, -0.15) is 0 Å². The average molecular weight is 273 g/mol. The highest BCUT2D eigenvalue weighted by atomic mass is 32.1. The summed E-state index contributed by atoms with van der Waals surface area (Å²) in [7, 11) is 0. The number of anilines is 1. The van der Waals surface area contributed by atoms with Gasteiger partial charge in [0.05, 0.1) is 5.92 Å². The van der Waals surface area contributed by atoms with Gasteiger partial charge in [-0.1, -0.05) is 41.7 Å². The second kappa shape index (κ2) is 4.89. The fraction of sp³-hybridized carbons (Fsp3) is 0.231. The van der Waals surface area contributed by atoms with E-state index in [0.29, 0.717) is 11.6 Å². The third-order valence-electron chi connectivity index (χ3n) is 3.10. The number of benzene rings is 1. The zero-order chi connectivity index (χ0) is 13.2. The van der Waals surface area contributed by atoms with E-state index in [9.17, 15) is 9.59 Å². The predicted octanol–water partition coefficient (Wildman–Crippen LogP) is 1.66. The molecule has 1 saturated heterocycles. The van der Waals surface area contributed by atoms with Gasteiger partial charge in [-0.25, -0.2) is 4.90 Å². The van der Waals surface area contributed by atoms with Gasteiger partial charge in [0, 0.05) is 6.42 Å². The van der Waals surface area contributed by atoms with Crippen molar-refractivity contribution in [2.75, 3.05) is 4.90 Å². The molecule has 5 nitrogen and oxygen atoms in total. The van der Waals surface area contributed by atoms with E-state index in [1.165, 1.54) is 16.8 Å². The minimum atomic E-state index is -0.293. The van der Waals surface area contributed by atoms with Crippen LogP contribution in [0.5, 0.6) is 0 Å². The van der Waals surface area contributed by atoms with Crippen LogP contribution in [0.2, 0.25) is 0 Å². The maximum atomic E-state index is 12.3. The first kappa shape index (κ1) is 12.0. The molecule has 2 amide bonds. The second-order valence-corrected chi connectivity index (χ2v) is 5.19. The summed E-state index contributed by atoms with van der Waals surface area (Å²) < 4.78 is 0. The average Bonchev–Trinajstić information content (AvgIpc) is 3.01. The number of carbonyl (C=O) groups is 2. The highest BCUT2D eigenvalue weighted by molar-refractivity contribution is 7.13. The molecule has 1 aliphatic rings. The molecule has 96 valence electrons. The molecule has 0 N–H and O–H groups in total. The van der Waals surface area contributed by atoms with Crippen molar-refractivity contribution < 1.29 is 9.59 Å². The van der Waals surface area contributed by atoms with E-state index in [0.717, 1.165) is 10.5 Å². The van der Waals surface area contributed by atoms with Crippen molar-refractivity contribution in [3.8, 4) is 0 Å². The molecule has 0 aliphatic carbocycles. The smallest absolute Gasteiger partial charge is 0.239 e. The molecule has 2 heterocycles. The lowest BCUT2D eigenvalue weighted by atomic mass is 9.98. The topological polar surface area (TPSA) is 63.2 Å². The molecule has 0 saturated carbocycles. The summed E-state index contributed by atoms with van der Waals surface area (Å²) in [5.41, 5.74) is 2.58. The Morgan fingerprint density at radius 2 is 2.05 bits per heavy atom. The first-order valence-corrected chi connectivity index (χ1v) is 6.80. The molecule has 1 fully saturated rings. The van der Waals surface area contributed by atoms with Crippen LogP contribution in [0.15, 0.2) is 35.8 Å². The van der Waals surface area contributed by atoms with Crippen molar-refractivity contribution in [2.24, 2.45) is 5.92 Å². The third kappa shape index (κ3) is 2.26. The molecule has 1 aromatic heterocycles. The van der Waals surface area contributed by atoms with Crippen LogP contribution in [0.3, 0.4) is 0 Å². The first-order valence-electron chi connectivity index (χ1n) is 5.92. The van der Waals surface area contributed by atoms with Crippen LogP contribution in [0, 0.1) is 5.92 Å². The molecule has 0 bridgehead atoms. The number of hydrogen-bond acceptors (Lipinski definition) is 5. The standard InChI is InChI=1S/C13H11N3O2S/c17-11-7-10(6-9-4-2-1-3-5-9)12(18)16(11)13-15-14-8-19-13/h1-5,8,10H,6-7H2. The number of hydrogen-bond donors (Lipinski definition) is 0. The van der Waals surface area contributed by atoms with Gasteiger partial charge in [0.15, 0.2) is 0 Å². The van der Waals surface area contributed by atoms with Crippen molar-refractivity contribution in [3.63, 3.8) is 0 Å². The Hall–Kier alpha value is -2.08. The van der Waals surface area contributed by atoms with Crippen molar-refractivity contribution in [2.45, 2.75) is 12.8 Å². The summed E-state index contributed by atoms with van der Waals surface area (Å²) in [6, 6.07) is 9.72. The summed E-state index contributed by atoms with van der Waals surface area (Å²) in [6.45, 7) is 0. The first-order chi connectivity index (χ1) is 9.25. The number of carbonyl (C=O) groups excluding carboxylic acids is 2. The maximum Gasteiger partial charge on any atom is 0.239 e. The fourth-order valence-electron chi connectivity index (χ4n) is 2.22. The van der Waals surface area contributed by atoms with Crippen LogP contribution in [0.4, 0.5) is 5.13 Å². The van der Waals surface area contributed by atoms with Gasteiger partial charge in [-0.15, -0.1) is 10.2 Å². The van der Waals surface area contributed by atoms with Crippen molar-refractivity contribution >= 4 is 28.3 Å². The summed E-state index contributed by atoms with van der Waals surface area (Å²) in [5, 5.41) is 7.83. The normalized spacial score (nSPS) is 19.2. The summed E-state index contributed by atoms with van der Waals surface area (Å²) >= 11 is 1.20. The lowest BCUT2D eigenvalue weighted by Crippen LogP contribution is -2.30. The van der Waals surface area contributed by atoms with Gasteiger partial charge < -0.3 is 0 Å². The van der Waals surface area contributed by atoms with Crippen LogP contribution in [-0.4, -0.2) is 22.0 Å². The Kier molecular flexibility index (Phi) is 3.08. The summed E-state index contributed by atoms with van der Waals surface area (Å²) in [4.78, 5) is 25.3. The summed E-state index contributed by atoms with van der Waals surface area (Å²) in [5.74, 6) is -0.660. The van der Waals surface area contributed by atoms with E-state index in [2.05, 4.69) is 10.2 Å². The minimum Gasteiger partial charge on any atom is -0.274 e. The quantitative estimate of drug-likeness (QED) is 0.798. The van der Waals surface area contributed by atoms with Crippen LogP contribution in [0.25, 0.3) is 0 Å². The molecular weight excluding hydrogens is 262 g/mol. The number of aromatic nitrogens is 2. The number of nitrogens with zero attached hydrogens (tertiary/aromatic N) is 3. The zero-order valence-corrected chi connectivity index (χ0v) is 10.8. The Balaban J connectivity index is 1.79. The fourth-order valence-corrected chi connectivity index (χ4v) is 2.80. The Labute approximate surface area is 113 Å². The summed E-state index contributed by atoms with van der Waals surface area (Å²) in [6.07, 6.45) is 0.827. The van der Waals surface area contributed by atoms with Gasteiger partial charge in [-0.3, -0.25) is 9.59 Å². The lowest BCUT2D eigenvalue weighted by Gasteiger charge is -2.10. The SMILES string of the molecule is O=C1CC(Cc2ccccc2)C(=O)N1c1nncs1. The molecular formula is C13H11N3O2S. The molecule has 1 unspecified atom stereocenters. The zero-order valence-electron chi connectivity index (χ0n) is 10.0. The highest BCUT2D eigenvalue weighted by Crippen LogP contribution is 2.29. The van der Waals surface area contributed by atoms with E-state index in [1.54, 1.807) is 0 Å². The molecule has 1 atom stereocenters. The van der Waals surface area contributed by atoms with E-state index >= 15 is 0 Å². The molecule has 0 spiro atoms. The molecule has 6 heteroatoms. The second-order valence-electron chi connectivity index (χ2n) is 4.38. The highest BCUT2D eigenvalue weighted by Gasteiger charge is 2.40. The third-order valence-corrected chi connectivity index (χ3v) is 3.78. The Morgan fingerprint density at radius 3 is 2.74 bits per heavy atom. The molecule has 2 aromatic rings. The molecule has 0 radical (unpaired) electrons. The maximum absolute atomic E-state index is 12.3. The van der Waals surface area contributed by atoms with Crippen LogP contribution in [-0.2, 0) is 16.0 Å². The lowest BCUT2D eigenvalue weighted by molar-refractivity contribution is -0.122. The molecule has 1 aliphatic heterocycles. The monoisotopic (exact) mass is 273 g/mol. The van der Waals surface area contributed by atoms with Crippen LogP contribution >= 0.6 is 11.3 Å². The molecule has 19 heavy (non-hydrogen) atoms.